The average molecular weight is 469 g/mol. The maximum Gasteiger partial charge on any atom is 0.293 e. The van der Waals surface area contributed by atoms with Crippen LogP contribution in [0.5, 0.6) is 0 Å². The molecule has 0 radical (unpaired) electrons. The maximum absolute atomic E-state index is 13.6. The lowest BCUT2D eigenvalue weighted by Gasteiger charge is -2.29. The first-order chi connectivity index (χ1) is 17.0. The Bertz CT molecular complexity index is 1430. The highest BCUT2D eigenvalue weighted by Gasteiger charge is 2.51. The number of nitrogens with zero attached hydrogens (tertiary/aromatic N) is 3. The van der Waals surface area contributed by atoms with Crippen molar-refractivity contribution in [2.75, 3.05) is 13.6 Å². The first-order valence-corrected chi connectivity index (χ1v) is 11.7. The number of hydrogen-bond donors (Lipinski definition) is 1. The van der Waals surface area contributed by atoms with Crippen molar-refractivity contribution in [3.8, 4) is 0 Å². The molecule has 0 unspecified atom stereocenters. The molecule has 3 heterocycles. The molecule has 1 aliphatic heterocycles. The Kier molecular flexibility index (Phi) is 4.84. The van der Waals surface area contributed by atoms with E-state index in [-0.39, 0.29) is 24.1 Å². The molecule has 1 N–H and O–H groups in total. The number of benzene rings is 2. The first-order valence-electron chi connectivity index (χ1n) is 11.7. The normalized spacial score (nSPS) is 16.1. The van der Waals surface area contributed by atoms with Crippen LogP contribution in [0.4, 0.5) is 0 Å². The van der Waals surface area contributed by atoms with E-state index in [1.165, 1.54) is 0 Å². The van der Waals surface area contributed by atoms with Crippen molar-refractivity contribution in [2.24, 2.45) is 0 Å². The molecule has 4 aromatic rings. The molecule has 35 heavy (non-hydrogen) atoms. The van der Waals surface area contributed by atoms with Crippen molar-refractivity contribution in [1.82, 2.24) is 19.9 Å². The smallest absolute Gasteiger partial charge is 0.293 e. The Labute approximate surface area is 201 Å². The summed E-state index contributed by atoms with van der Waals surface area (Å²) in [4.78, 5) is 44.4. The summed E-state index contributed by atoms with van der Waals surface area (Å²) in [6, 6.07) is 17.0. The van der Waals surface area contributed by atoms with E-state index >= 15 is 0 Å². The number of H-pyrrole nitrogens is 1. The number of aromatic amines is 1. The largest absolute Gasteiger partial charge is 0.351 e. The number of aromatic nitrogens is 2. The number of carbonyl (C=O) groups excluding carboxylic acids is 3. The zero-order chi connectivity index (χ0) is 24.2. The van der Waals surface area contributed by atoms with Crippen LogP contribution in [0.2, 0.25) is 0 Å². The van der Waals surface area contributed by atoms with E-state index in [9.17, 15) is 14.4 Å². The van der Waals surface area contributed by atoms with E-state index in [1.807, 2.05) is 42.5 Å². The van der Waals surface area contributed by atoms with E-state index in [0.29, 0.717) is 29.8 Å². The molecule has 2 aliphatic rings. The number of hydrogen-bond acceptors (Lipinski definition) is 5. The fraction of sp³-hybridized carbons (Fsp3) is 0.259. The SMILES string of the molecule is CN(C(=O)c1onc2c1CN(C(=O)c1cc3ccccc3[nH]1)CC2)C1(c2ccc(C=O)cc2)CC1. The van der Waals surface area contributed by atoms with Gasteiger partial charge >= 0.3 is 0 Å². The number of para-hydroxylation sites is 1. The molecule has 1 saturated carbocycles. The van der Waals surface area contributed by atoms with Crippen LogP contribution in [0, 0.1) is 0 Å². The molecular formula is C27H24N4O4. The second kappa shape index (κ2) is 7.94. The van der Waals surface area contributed by atoms with E-state index in [0.717, 1.165) is 41.3 Å². The maximum atomic E-state index is 13.6. The molecule has 1 fully saturated rings. The number of nitrogens with one attached hydrogen (secondary N) is 1. The monoisotopic (exact) mass is 468 g/mol. The van der Waals surface area contributed by atoms with Crippen molar-refractivity contribution < 1.29 is 18.9 Å². The molecule has 0 saturated heterocycles. The van der Waals surface area contributed by atoms with Crippen LogP contribution in [0.3, 0.4) is 0 Å². The Morgan fingerprint density at radius 2 is 1.91 bits per heavy atom. The van der Waals surface area contributed by atoms with Crippen molar-refractivity contribution in [3.63, 3.8) is 0 Å². The molecule has 2 aromatic carbocycles. The van der Waals surface area contributed by atoms with Crippen LogP contribution >= 0.6 is 0 Å². The summed E-state index contributed by atoms with van der Waals surface area (Å²) in [5.41, 5.74) is 3.99. The third kappa shape index (κ3) is 3.44. The van der Waals surface area contributed by atoms with Crippen LogP contribution in [0.25, 0.3) is 10.9 Å². The summed E-state index contributed by atoms with van der Waals surface area (Å²) >= 11 is 0. The van der Waals surface area contributed by atoms with E-state index in [1.54, 1.807) is 29.0 Å². The van der Waals surface area contributed by atoms with Gasteiger partial charge in [-0.25, -0.2) is 0 Å². The number of amides is 2. The number of fused-ring (bicyclic) bond motifs is 2. The van der Waals surface area contributed by atoms with Gasteiger partial charge in [0.25, 0.3) is 11.8 Å². The van der Waals surface area contributed by atoms with Crippen LogP contribution < -0.4 is 0 Å². The zero-order valence-corrected chi connectivity index (χ0v) is 19.3. The highest BCUT2D eigenvalue weighted by molar-refractivity contribution is 5.98. The topological polar surface area (TPSA) is 99.5 Å². The number of carbonyl (C=O) groups is 3. The minimum Gasteiger partial charge on any atom is -0.351 e. The predicted molar refractivity (Wildman–Crippen MR) is 128 cm³/mol. The first kappa shape index (κ1) is 21.3. The second-order valence-electron chi connectivity index (χ2n) is 9.32. The van der Waals surface area contributed by atoms with Crippen LogP contribution in [-0.2, 0) is 18.5 Å². The fourth-order valence-corrected chi connectivity index (χ4v) is 5.07. The number of aldehydes is 1. The van der Waals surface area contributed by atoms with Crippen molar-refractivity contribution in [3.05, 3.63) is 88.4 Å². The lowest BCUT2D eigenvalue weighted by molar-refractivity contribution is 0.0651. The molecule has 0 spiro atoms. The van der Waals surface area contributed by atoms with Gasteiger partial charge < -0.3 is 19.3 Å². The van der Waals surface area contributed by atoms with Gasteiger partial charge in [0.2, 0.25) is 5.76 Å². The van der Waals surface area contributed by atoms with Gasteiger partial charge in [0, 0.05) is 42.0 Å². The molecule has 0 atom stereocenters. The summed E-state index contributed by atoms with van der Waals surface area (Å²) in [7, 11) is 1.77. The predicted octanol–water partition coefficient (Wildman–Crippen LogP) is 3.93. The summed E-state index contributed by atoms with van der Waals surface area (Å²) in [5.74, 6) is -0.184. The molecule has 2 aromatic heterocycles. The molecule has 0 bridgehead atoms. The third-order valence-corrected chi connectivity index (χ3v) is 7.33. The van der Waals surface area contributed by atoms with Gasteiger partial charge in [0.15, 0.2) is 0 Å². The van der Waals surface area contributed by atoms with Crippen molar-refractivity contribution >= 4 is 29.0 Å². The molecule has 1 aliphatic carbocycles. The minimum absolute atomic E-state index is 0.117. The summed E-state index contributed by atoms with van der Waals surface area (Å²) in [6.45, 7) is 0.771. The van der Waals surface area contributed by atoms with Gasteiger partial charge in [-0.1, -0.05) is 47.6 Å². The van der Waals surface area contributed by atoms with Crippen molar-refractivity contribution in [2.45, 2.75) is 31.3 Å². The van der Waals surface area contributed by atoms with Gasteiger partial charge in [0.05, 0.1) is 17.8 Å². The molecule has 6 rings (SSSR count). The Morgan fingerprint density at radius 1 is 1.14 bits per heavy atom. The van der Waals surface area contributed by atoms with Crippen LogP contribution in [-0.4, -0.2) is 51.6 Å². The minimum atomic E-state index is -0.424. The average Bonchev–Trinajstić information content (AvgIpc) is 3.41. The van der Waals surface area contributed by atoms with Crippen LogP contribution in [0.15, 0.2) is 59.1 Å². The molecule has 8 heteroatoms. The number of rotatable bonds is 5. The van der Waals surface area contributed by atoms with Gasteiger partial charge in [-0.2, -0.15) is 0 Å². The van der Waals surface area contributed by atoms with E-state index in [4.69, 9.17) is 4.52 Å². The fourth-order valence-electron chi connectivity index (χ4n) is 5.07. The summed E-state index contributed by atoms with van der Waals surface area (Å²) < 4.78 is 5.54. The highest BCUT2D eigenvalue weighted by atomic mass is 16.5. The third-order valence-electron chi connectivity index (χ3n) is 7.33. The van der Waals surface area contributed by atoms with Gasteiger partial charge in [-0.15, -0.1) is 0 Å². The summed E-state index contributed by atoms with van der Waals surface area (Å²) in [6.07, 6.45) is 3.00. The molecule has 176 valence electrons. The van der Waals surface area contributed by atoms with Gasteiger partial charge in [-0.05, 0) is 30.5 Å². The molecular weight excluding hydrogens is 444 g/mol. The van der Waals surface area contributed by atoms with Crippen LogP contribution in [0.1, 0.15) is 61.1 Å². The lowest BCUT2D eigenvalue weighted by Crippen LogP contribution is -2.39. The van der Waals surface area contributed by atoms with Gasteiger partial charge in [0.1, 0.15) is 12.0 Å². The van der Waals surface area contributed by atoms with Gasteiger partial charge in [-0.3, -0.25) is 14.4 Å². The van der Waals surface area contributed by atoms with E-state index < -0.39 is 5.54 Å². The highest BCUT2D eigenvalue weighted by Crippen LogP contribution is 2.51. The molecule has 8 nitrogen and oxygen atoms in total. The Morgan fingerprint density at radius 3 is 2.63 bits per heavy atom. The molecule has 2 amide bonds. The summed E-state index contributed by atoms with van der Waals surface area (Å²) in [5, 5.41) is 5.13. The van der Waals surface area contributed by atoms with Crippen molar-refractivity contribution in [1.29, 1.82) is 0 Å². The lowest BCUT2D eigenvalue weighted by atomic mass is 10.00. The standard InChI is InChI=1S/C27H24N4O4/c1-30(27(11-12-27)19-8-6-17(16-32)7-9-19)26(34)24-20-15-31(13-10-22(20)29-35-24)25(33)23-14-18-4-2-3-5-21(18)28-23/h2-9,14,16,28H,10-13,15H2,1H3. The second-order valence-corrected chi connectivity index (χ2v) is 9.32. The Balaban J connectivity index is 1.24. The zero-order valence-electron chi connectivity index (χ0n) is 19.3. The Hall–Kier alpha value is -4.20. The quantitative estimate of drug-likeness (QED) is 0.448. The van der Waals surface area contributed by atoms with E-state index in [2.05, 4.69) is 10.1 Å².